The summed E-state index contributed by atoms with van der Waals surface area (Å²) in [5, 5.41) is 3.06. The van der Waals surface area contributed by atoms with Crippen LogP contribution in [0.3, 0.4) is 0 Å². The minimum Gasteiger partial charge on any atom is -0.338 e. The van der Waals surface area contributed by atoms with Crippen molar-refractivity contribution in [2.45, 2.75) is 25.7 Å². The second-order valence-electron chi connectivity index (χ2n) is 6.21. The number of hydrogen-bond acceptors (Lipinski definition) is 3. The maximum absolute atomic E-state index is 14.5. The van der Waals surface area contributed by atoms with Gasteiger partial charge in [0.2, 0.25) is 0 Å². The predicted molar refractivity (Wildman–Crippen MR) is 94.6 cm³/mol. The predicted octanol–water partition coefficient (Wildman–Crippen LogP) is 4.81. The Hall–Kier alpha value is -2.69. The quantitative estimate of drug-likeness (QED) is 0.752. The summed E-state index contributed by atoms with van der Waals surface area (Å²) >= 11 is 0. The molecule has 5 heteroatoms. The molecule has 24 heavy (non-hydrogen) atoms. The summed E-state index contributed by atoms with van der Waals surface area (Å²) in [6, 6.07) is 7.25. The Morgan fingerprint density at radius 3 is 2.88 bits per heavy atom. The first-order chi connectivity index (χ1) is 11.7. The number of benzene rings is 1. The average Bonchev–Trinajstić information content (AvgIpc) is 2.98. The summed E-state index contributed by atoms with van der Waals surface area (Å²) in [4.78, 5) is 8.54. The van der Waals surface area contributed by atoms with Crippen LogP contribution in [0.25, 0.3) is 16.6 Å². The van der Waals surface area contributed by atoms with Gasteiger partial charge in [-0.3, -0.25) is 0 Å². The van der Waals surface area contributed by atoms with Crippen molar-refractivity contribution >= 4 is 28.1 Å². The Morgan fingerprint density at radius 2 is 2.08 bits per heavy atom. The van der Waals surface area contributed by atoms with Crippen molar-refractivity contribution < 1.29 is 4.39 Å². The van der Waals surface area contributed by atoms with E-state index >= 15 is 0 Å². The monoisotopic (exact) mass is 322 g/mol. The highest BCUT2D eigenvalue weighted by Gasteiger charge is 2.11. The van der Waals surface area contributed by atoms with Gasteiger partial charge in [0.15, 0.2) is 0 Å². The fourth-order valence-corrected chi connectivity index (χ4v) is 3.15. The normalized spacial score (nSPS) is 14.7. The molecule has 0 amide bonds. The van der Waals surface area contributed by atoms with Gasteiger partial charge in [-0.2, -0.15) is 0 Å². The van der Waals surface area contributed by atoms with Gasteiger partial charge in [0.25, 0.3) is 0 Å². The second-order valence-corrected chi connectivity index (χ2v) is 6.21. The van der Waals surface area contributed by atoms with Crippen LogP contribution in [0.4, 0.5) is 15.9 Å². The number of hydrogen-bond donors (Lipinski definition) is 1. The van der Waals surface area contributed by atoms with Crippen LogP contribution in [0.1, 0.15) is 31.2 Å². The SMILES string of the molecule is Cn1cnc2cnc(Nc3ccc(C4=CCCCC4)cc3F)cc21. The fraction of sp³-hybridized carbons (Fsp3) is 0.263. The number of nitrogens with one attached hydrogen (secondary N) is 1. The minimum absolute atomic E-state index is 0.258. The zero-order chi connectivity index (χ0) is 16.5. The lowest BCUT2D eigenvalue weighted by atomic mass is 9.93. The molecule has 1 aliphatic carbocycles. The van der Waals surface area contributed by atoms with E-state index in [2.05, 4.69) is 21.4 Å². The van der Waals surface area contributed by atoms with Crippen LogP contribution in [0.2, 0.25) is 0 Å². The summed E-state index contributed by atoms with van der Waals surface area (Å²) in [5.74, 6) is 0.348. The third-order valence-electron chi connectivity index (χ3n) is 4.51. The highest BCUT2D eigenvalue weighted by molar-refractivity contribution is 5.78. The molecule has 0 bridgehead atoms. The van der Waals surface area contributed by atoms with Crippen molar-refractivity contribution in [2.24, 2.45) is 7.05 Å². The molecule has 4 nitrogen and oxygen atoms in total. The molecule has 3 aromatic rings. The van der Waals surface area contributed by atoms with E-state index in [4.69, 9.17) is 0 Å². The highest BCUT2D eigenvalue weighted by atomic mass is 19.1. The van der Waals surface area contributed by atoms with Crippen LogP contribution in [0.5, 0.6) is 0 Å². The molecule has 1 aliphatic rings. The topological polar surface area (TPSA) is 42.7 Å². The number of nitrogens with zero attached hydrogens (tertiary/aromatic N) is 3. The Kier molecular flexibility index (Phi) is 3.76. The lowest BCUT2D eigenvalue weighted by molar-refractivity contribution is 0.631. The van der Waals surface area contributed by atoms with E-state index in [0.29, 0.717) is 11.5 Å². The largest absolute Gasteiger partial charge is 0.338 e. The van der Waals surface area contributed by atoms with Crippen LogP contribution in [-0.2, 0) is 7.05 Å². The maximum atomic E-state index is 14.5. The molecule has 1 aromatic carbocycles. The second kappa shape index (κ2) is 6.07. The average molecular weight is 322 g/mol. The van der Waals surface area contributed by atoms with Crippen molar-refractivity contribution in [1.29, 1.82) is 0 Å². The lowest BCUT2D eigenvalue weighted by Gasteiger charge is -2.14. The van der Waals surface area contributed by atoms with Gasteiger partial charge < -0.3 is 9.88 Å². The number of anilines is 2. The van der Waals surface area contributed by atoms with Gasteiger partial charge in [-0.15, -0.1) is 0 Å². The van der Waals surface area contributed by atoms with Gasteiger partial charge in [0, 0.05) is 13.1 Å². The zero-order valence-corrected chi connectivity index (χ0v) is 13.6. The number of fused-ring (bicyclic) bond motifs is 1. The van der Waals surface area contributed by atoms with Gasteiger partial charge in [-0.1, -0.05) is 12.1 Å². The van der Waals surface area contributed by atoms with Crippen molar-refractivity contribution in [3.8, 4) is 0 Å². The molecular weight excluding hydrogens is 303 g/mol. The Morgan fingerprint density at radius 1 is 1.17 bits per heavy atom. The summed E-state index contributed by atoms with van der Waals surface area (Å²) in [7, 11) is 1.92. The summed E-state index contributed by atoms with van der Waals surface area (Å²) in [5.41, 5.74) is 4.44. The number of imidazole rings is 1. The molecule has 0 saturated heterocycles. The van der Waals surface area contributed by atoms with Crippen molar-refractivity contribution in [3.05, 3.63) is 54.2 Å². The summed E-state index contributed by atoms with van der Waals surface area (Å²) in [6.45, 7) is 0. The van der Waals surface area contributed by atoms with E-state index < -0.39 is 0 Å². The molecule has 2 heterocycles. The summed E-state index contributed by atoms with van der Waals surface area (Å²) < 4.78 is 16.4. The number of allylic oxidation sites excluding steroid dienone is 2. The van der Waals surface area contributed by atoms with Gasteiger partial charge >= 0.3 is 0 Å². The van der Waals surface area contributed by atoms with Crippen LogP contribution in [0, 0.1) is 5.82 Å². The van der Waals surface area contributed by atoms with Crippen molar-refractivity contribution in [1.82, 2.24) is 14.5 Å². The van der Waals surface area contributed by atoms with E-state index in [1.54, 1.807) is 24.7 Å². The molecule has 0 saturated carbocycles. The van der Waals surface area contributed by atoms with E-state index in [9.17, 15) is 4.39 Å². The molecule has 0 spiro atoms. The van der Waals surface area contributed by atoms with E-state index in [1.165, 1.54) is 18.4 Å². The Labute approximate surface area is 140 Å². The molecule has 0 aliphatic heterocycles. The molecular formula is C19H19FN4. The zero-order valence-electron chi connectivity index (χ0n) is 13.6. The smallest absolute Gasteiger partial charge is 0.147 e. The van der Waals surface area contributed by atoms with E-state index in [-0.39, 0.29) is 5.82 Å². The van der Waals surface area contributed by atoms with Gasteiger partial charge in [-0.25, -0.2) is 14.4 Å². The first kappa shape index (κ1) is 14.9. The number of pyridine rings is 1. The number of aryl methyl sites for hydroxylation is 1. The molecule has 0 atom stereocenters. The molecule has 0 radical (unpaired) electrons. The fourth-order valence-electron chi connectivity index (χ4n) is 3.15. The standard InChI is InChI=1S/C19H19FN4/c1-24-12-22-17-11-21-19(10-18(17)24)23-16-8-7-14(9-15(16)20)13-5-3-2-4-6-13/h5,7-12H,2-4,6H2,1H3,(H,21,23). The molecule has 2 aromatic heterocycles. The van der Waals surface area contributed by atoms with Gasteiger partial charge in [-0.05, 0) is 49.0 Å². The van der Waals surface area contributed by atoms with Crippen LogP contribution >= 0.6 is 0 Å². The first-order valence-corrected chi connectivity index (χ1v) is 8.24. The van der Waals surface area contributed by atoms with Crippen LogP contribution in [-0.4, -0.2) is 14.5 Å². The maximum Gasteiger partial charge on any atom is 0.147 e. The van der Waals surface area contributed by atoms with E-state index in [0.717, 1.165) is 29.4 Å². The Bertz CT molecular complexity index is 926. The number of rotatable bonds is 3. The van der Waals surface area contributed by atoms with Crippen LogP contribution in [0.15, 0.2) is 42.9 Å². The van der Waals surface area contributed by atoms with Gasteiger partial charge in [0.05, 0.1) is 23.7 Å². The van der Waals surface area contributed by atoms with Crippen LogP contribution < -0.4 is 5.32 Å². The third kappa shape index (κ3) is 2.77. The highest BCUT2D eigenvalue weighted by Crippen LogP contribution is 2.29. The van der Waals surface area contributed by atoms with Crippen molar-refractivity contribution in [3.63, 3.8) is 0 Å². The molecule has 0 fully saturated rings. The molecule has 4 rings (SSSR count). The molecule has 122 valence electrons. The van der Waals surface area contributed by atoms with E-state index in [1.807, 2.05) is 23.7 Å². The Balaban J connectivity index is 1.61. The molecule has 0 unspecified atom stereocenters. The third-order valence-corrected chi connectivity index (χ3v) is 4.51. The minimum atomic E-state index is -0.258. The lowest BCUT2D eigenvalue weighted by Crippen LogP contribution is -1.99. The van der Waals surface area contributed by atoms with Crippen molar-refractivity contribution in [2.75, 3.05) is 5.32 Å². The van der Waals surface area contributed by atoms with Gasteiger partial charge in [0.1, 0.15) is 17.2 Å². The molecule has 1 N–H and O–H groups in total. The first-order valence-electron chi connectivity index (χ1n) is 8.24. The summed E-state index contributed by atoms with van der Waals surface area (Å²) in [6.07, 6.45) is 10.2. The number of aromatic nitrogens is 3. The number of halogens is 1.